The maximum Gasteiger partial charge on any atom is 0.326 e. The lowest BCUT2D eigenvalue weighted by Crippen LogP contribution is -2.43. The molecular formula is C13H17NO5. The lowest BCUT2D eigenvalue weighted by atomic mass is 10.1. The lowest BCUT2D eigenvalue weighted by molar-refractivity contribution is -0.142. The maximum absolute atomic E-state index is 11.4. The molecule has 1 unspecified atom stereocenters. The molecule has 1 atom stereocenters. The number of amides is 1. The predicted molar refractivity (Wildman–Crippen MR) is 67.6 cm³/mol. The zero-order valence-electron chi connectivity index (χ0n) is 10.4. The fraction of sp³-hybridized carbons (Fsp3) is 0.385. The molecule has 0 fully saturated rings. The normalized spacial score (nSPS) is 11.8. The number of carbonyl (C=O) groups is 2. The van der Waals surface area contributed by atoms with Crippen molar-refractivity contribution < 1.29 is 24.5 Å². The third kappa shape index (κ3) is 5.98. The van der Waals surface area contributed by atoms with E-state index >= 15 is 0 Å². The predicted octanol–water partition coefficient (Wildman–Crippen LogP) is -0.193. The highest BCUT2D eigenvalue weighted by molar-refractivity contribution is 5.84. The van der Waals surface area contributed by atoms with Crippen molar-refractivity contribution >= 4 is 11.9 Å². The summed E-state index contributed by atoms with van der Waals surface area (Å²) in [5, 5.41) is 19.9. The van der Waals surface area contributed by atoms with Crippen LogP contribution in [0.1, 0.15) is 5.56 Å². The molecular weight excluding hydrogens is 250 g/mol. The summed E-state index contributed by atoms with van der Waals surface area (Å²) < 4.78 is 4.82. The molecule has 19 heavy (non-hydrogen) atoms. The number of aliphatic hydroxyl groups excluding tert-OH is 1. The van der Waals surface area contributed by atoms with Crippen LogP contribution in [0.25, 0.3) is 0 Å². The largest absolute Gasteiger partial charge is 0.480 e. The highest BCUT2D eigenvalue weighted by atomic mass is 16.5. The lowest BCUT2D eigenvalue weighted by Gasteiger charge is -2.14. The molecule has 0 bridgehead atoms. The van der Waals surface area contributed by atoms with Crippen molar-refractivity contribution in [1.29, 1.82) is 0 Å². The molecule has 6 heteroatoms. The van der Waals surface area contributed by atoms with Crippen molar-refractivity contribution in [2.75, 3.05) is 19.8 Å². The SMILES string of the molecule is O=C(COCCO)NC(Cc1ccccc1)C(=O)O. The first-order chi connectivity index (χ1) is 9.13. The number of carboxylic acid groups (broad SMARTS) is 1. The first kappa shape index (κ1) is 15.1. The van der Waals surface area contributed by atoms with Crippen LogP contribution in [0.5, 0.6) is 0 Å². The van der Waals surface area contributed by atoms with E-state index in [0.29, 0.717) is 0 Å². The summed E-state index contributed by atoms with van der Waals surface area (Å²) in [6, 6.07) is 8.04. The fourth-order valence-electron chi connectivity index (χ4n) is 1.52. The smallest absolute Gasteiger partial charge is 0.326 e. The van der Waals surface area contributed by atoms with Crippen LogP contribution in [0.2, 0.25) is 0 Å². The Bertz CT molecular complexity index is 407. The van der Waals surface area contributed by atoms with Crippen LogP contribution in [0.3, 0.4) is 0 Å². The zero-order valence-corrected chi connectivity index (χ0v) is 10.4. The molecule has 0 aliphatic rings. The van der Waals surface area contributed by atoms with Crippen LogP contribution in [0.15, 0.2) is 30.3 Å². The second-order valence-corrected chi connectivity index (χ2v) is 3.92. The van der Waals surface area contributed by atoms with Gasteiger partial charge in [-0.15, -0.1) is 0 Å². The van der Waals surface area contributed by atoms with E-state index in [0.717, 1.165) is 5.56 Å². The molecule has 1 aromatic rings. The number of rotatable bonds is 8. The molecule has 0 aromatic heterocycles. The molecule has 0 spiro atoms. The van der Waals surface area contributed by atoms with Gasteiger partial charge in [0.15, 0.2) is 0 Å². The molecule has 6 nitrogen and oxygen atoms in total. The summed E-state index contributed by atoms with van der Waals surface area (Å²) >= 11 is 0. The van der Waals surface area contributed by atoms with E-state index in [1.165, 1.54) is 0 Å². The minimum atomic E-state index is -1.10. The van der Waals surface area contributed by atoms with Crippen LogP contribution in [-0.2, 0) is 20.7 Å². The van der Waals surface area contributed by atoms with Gasteiger partial charge in [-0.05, 0) is 5.56 Å². The molecule has 0 radical (unpaired) electrons. The summed E-state index contributed by atoms with van der Waals surface area (Å²) in [6.07, 6.45) is 0.210. The van der Waals surface area contributed by atoms with Crippen LogP contribution in [0, 0.1) is 0 Å². The first-order valence-electron chi connectivity index (χ1n) is 5.88. The number of carbonyl (C=O) groups excluding carboxylic acids is 1. The van der Waals surface area contributed by atoms with Gasteiger partial charge in [0.25, 0.3) is 0 Å². The Morgan fingerprint density at radius 2 is 1.95 bits per heavy atom. The average Bonchev–Trinajstić information content (AvgIpc) is 2.39. The van der Waals surface area contributed by atoms with Gasteiger partial charge >= 0.3 is 5.97 Å². The quantitative estimate of drug-likeness (QED) is 0.567. The Morgan fingerprint density at radius 1 is 1.26 bits per heavy atom. The summed E-state index contributed by atoms with van der Waals surface area (Å²) in [5.41, 5.74) is 0.825. The Morgan fingerprint density at radius 3 is 2.53 bits per heavy atom. The molecule has 104 valence electrons. The maximum atomic E-state index is 11.4. The van der Waals surface area contributed by atoms with E-state index in [9.17, 15) is 9.59 Å². The topological polar surface area (TPSA) is 95.9 Å². The monoisotopic (exact) mass is 267 g/mol. The number of nitrogens with one attached hydrogen (secondary N) is 1. The van der Waals surface area contributed by atoms with Gasteiger partial charge in [0.1, 0.15) is 12.6 Å². The Kier molecular flexibility index (Phi) is 6.56. The Balaban J connectivity index is 2.49. The van der Waals surface area contributed by atoms with E-state index in [2.05, 4.69) is 5.32 Å². The number of aliphatic carboxylic acids is 1. The summed E-state index contributed by atoms with van der Waals surface area (Å²) in [4.78, 5) is 22.5. The number of hydrogen-bond donors (Lipinski definition) is 3. The van der Waals surface area contributed by atoms with Gasteiger partial charge in [-0.25, -0.2) is 4.79 Å². The first-order valence-corrected chi connectivity index (χ1v) is 5.88. The number of ether oxygens (including phenoxy) is 1. The summed E-state index contributed by atoms with van der Waals surface area (Å²) in [6.45, 7) is -0.400. The van der Waals surface area contributed by atoms with Crippen molar-refractivity contribution in [3.05, 3.63) is 35.9 Å². The minimum Gasteiger partial charge on any atom is -0.480 e. The number of hydrogen-bond acceptors (Lipinski definition) is 4. The highest BCUT2D eigenvalue weighted by Gasteiger charge is 2.20. The molecule has 0 saturated carbocycles. The molecule has 1 rings (SSSR count). The number of carboxylic acids is 1. The van der Waals surface area contributed by atoms with E-state index in [1.54, 1.807) is 24.3 Å². The molecule has 0 heterocycles. The van der Waals surface area contributed by atoms with Crippen molar-refractivity contribution in [3.63, 3.8) is 0 Å². The van der Waals surface area contributed by atoms with Crippen LogP contribution < -0.4 is 5.32 Å². The van der Waals surface area contributed by atoms with Crippen molar-refractivity contribution in [2.24, 2.45) is 0 Å². The van der Waals surface area contributed by atoms with Gasteiger partial charge in [-0.3, -0.25) is 4.79 Å². The van der Waals surface area contributed by atoms with Gasteiger partial charge in [0.2, 0.25) is 5.91 Å². The molecule has 1 aromatic carbocycles. The molecule has 0 aliphatic heterocycles. The summed E-state index contributed by atoms with van der Waals surface area (Å²) in [5.74, 6) is -1.61. The number of benzene rings is 1. The van der Waals surface area contributed by atoms with E-state index in [4.69, 9.17) is 14.9 Å². The van der Waals surface area contributed by atoms with E-state index < -0.39 is 17.9 Å². The van der Waals surface area contributed by atoms with Gasteiger partial charge in [-0.2, -0.15) is 0 Å². The average molecular weight is 267 g/mol. The van der Waals surface area contributed by atoms with Crippen LogP contribution in [-0.4, -0.2) is 48.0 Å². The van der Waals surface area contributed by atoms with Crippen LogP contribution >= 0.6 is 0 Å². The van der Waals surface area contributed by atoms with Crippen molar-refractivity contribution in [2.45, 2.75) is 12.5 Å². The molecule has 0 aliphatic carbocycles. The second-order valence-electron chi connectivity index (χ2n) is 3.92. The standard InChI is InChI=1S/C13H17NO5/c15-6-7-19-9-12(16)14-11(13(17)18)8-10-4-2-1-3-5-10/h1-5,11,15H,6-9H2,(H,14,16)(H,17,18). The van der Waals surface area contributed by atoms with Gasteiger partial charge < -0.3 is 20.3 Å². The Hall–Kier alpha value is -1.92. The van der Waals surface area contributed by atoms with Gasteiger partial charge in [0.05, 0.1) is 13.2 Å². The Labute approximate surface area is 111 Å². The van der Waals surface area contributed by atoms with Gasteiger partial charge in [-0.1, -0.05) is 30.3 Å². The number of aliphatic hydroxyl groups is 1. The van der Waals surface area contributed by atoms with Crippen LogP contribution in [0.4, 0.5) is 0 Å². The summed E-state index contributed by atoms with van der Waals surface area (Å²) in [7, 11) is 0. The minimum absolute atomic E-state index is 0.0455. The van der Waals surface area contributed by atoms with Crippen molar-refractivity contribution in [1.82, 2.24) is 5.32 Å². The van der Waals surface area contributed by atoms with Crippen molar-refractivity contribution in [3.8, 4) is 0 Å². The fourth-order valence-corrected chi connectivity index (χ4v) is 1.52. The van der Waals surface area contributed by atoms with E-state index in [1.807, 2.05) is 6.07 Å². The molecule has 0 saturated heterocycles. The van der Waals surface area contributed by atoms with E-state index in [-0.39, 0.29) is 26.2 Å². The molecule has 1 amide bonds. The highest BCUT2D eigenvalue weighted by Crippen LogP contribution is 2.03. The van der Waals surface area contributed by atoms with Gasteiger partial charge in [0, 0.05) is 6.42 Å². The third-order valence-corrected chi connectivity index (χ3v) is 2.38. The molecule has 3 N–H and O–H groups in total. The second kappa shape index (κ2) is 8.23. The zero-order chi connectivity index (χ0) is 14.1. The third-order valence-electron chi connectivity index (χ3n) is 2.38.